The third-order valence-electron chi connectivity index (χ3n) is 4.93. The van der Waals surface area contributed by atoms with Crippen LogP contribution in [0, 0.1) is 6.07 Å². The van der Waals surface area contributed by atoms with Gasteiger partial charge in [-0.3, -0.25) is 4.79 Å². The van der Waals surface area contributed by atoms with Crippen molar-refractivity contribution in [2.45, 2.75) is 19.8 Å². The van der Waals surface area contributed by atoms with Crippen LogP contribution in [0.4, 0.5) is 0 Å². The maximum Gasteiger partial charge on any atom is 0.306 e. The number of hydrogen-bond acceptors (Lipinski definition) is 5. The summed E-state index contributed by atoms with van der Waals surface area (Å²) in [6.45, 7) is 2.44. The summed E-state index contributed by atoms with van der Waals surface area (Å²) < 4.78 is 12.4. The molecule has 0 saturated heterocycles. The van der Waals surface area contributed by atoms with E-state index in [4.69, 9.17) is 9.47 Å². The van der Waals surface area contributed by atoms with Gasteiger partial charge in [-0.25, -0.2) is 0 Å². The van der Waals surface area contributed by atoms with E-state index in [-0.39, 0.29) is 51.0 Å². The van der Waals surface area contributed by atoms with Crippen molar-refractivity contribution in [3.63, 3.8) is 0 Å². The first-order chi connectivity index (χ1) is 15.1. The average molecular weight is 508 g/mol. The third-order valence-corrected chi connectivity index (χ3v) is 4.93. The van der Waals surface area contributed by atoms with Gasteiger partial charge in [0, 0.05) is 44.9 Å². The normalized spacial score (nSPS) is 10.3. The molecule has 6 nitrogen and oxygen atoms in total. The number of aromatic nitrogens is 1. The number of ether oxygens (including phenoxy) is 2. The van der Waals surface area contributed by atoms with Gasteiger partial charge < -0.3 is 24.2 Å². The molecule has 3 aromatic rings. The van der Waals surface area contributed by atoms with Crippen molar-refractivity contribution in [2.24, 2.45) is 0 Å². The summed E-state index contributed by atoms with van der Waals surface area (Å²) in [4.78, 5) is 24.0. The molecule has 0 bridgehead atoms. The van der Waals surface area contributed by atoms with E-state index in [1.54, 1.807) is 33.2 Å². The van der Waals surface area contributed by atoms with Crippen LogP contribution >= 0.6 is 0 Å². The van der Waals surface area contributed by atoms with E-state index in [1.807, 2.05) is 42.5 Å². The molecule has 2 aromatic carbocycles. The van der Waals surface area contributed by atoms with E-state index in [0.717, 1.165) is 28.4 Å². The first-order valence-corrected chi connectivity index (χ1v) is 10.3. The Morgan fingerprint density at radius 2 is 1.81 bits per heavy atom. The third kappa shape index (κ3) is 6.38. The standard InChI is InChI=1S/C25H27N2O4.Y/c1-4-31-25(29)16-12-21-11-15-23(18-7-13-22(30-3)14-8-18)27(21)20-9-5-19(6-10-20)24(28)17-26-2;/h5-9,11,13-15,26H,4,12,16-17H2,1-3H3;/q-1;. The fourth-order valence-corrected chi connectivity index (χ4v) is 3.40. The average Bonchev–Trinajstić information content (AvgIpc) is 3.22. The van der Waals surface area contributed by atoms with Crippen LogP contribution in [0.15, 0.2) is 54.6 Å². The zero-order chi connectivity index (χ0) is 22.2. The minimum Gasteiger partial charge on any atom is -0.497 e. The molecule has 1 heterocycles. The molecule has 0 fully saturated rings. The molecule has 0 amide bonds. The van der Waals surface area contributed by atoms with E-state index in [0.29, 0.717) is 25.0 Å². The van der Waals surface area contributed by atoms with Crippen LogP contribution in [-0.2, 0) is 48.7 Å². The van der Waals surface area contributed by atoms with E-state index >= 15 is 0 Å². The summed E-state index contributed by atoms with van der Waals surface area (Å²) in [5.74, 6) is 0.567. The van der Waals surface area contributed by atoms with Crippen LogP contribution in [0.3, 0.4) is 0 Å². The summed E-state index contributed by atoms with van der Waals surface area (Å²) in [6.07, 6.45) is 0.821. The smallest absolute Gasteiger partial charge is 0.306 e. The number of Topliss-reactive ketones (excluding diaryl/α,β-unsaturated/α-hetero) is 1. The predicted molar refractivity (Wildman–Crippen MR) is 120 cm³/mol. The number of ketones is 1. The maximum absolute atomic E-state index is 12.1. The molecule has 0 unspecified atom stereocenters. The van der Waals surface area contributed by atoms with Gasteiger partial charge in [0.1, 0.15) is 11.5 Å². The molecule has 0 aliphatic rings. The number of esters is 1. The van der Waals surface area contributed by atoms with Crippen LogP contribution < -0.4 is 10.1 Å². The van der Waals surface area contributed by atoms with Crippen LogP contribution in [0.5, 0.6) is 5.75 Å². The number of hydrogen-bond donors (Lipinski definition) is 1. The van der Waals surface area contributed by atoms with Gasteiger partial charge in [0.05, 0.1) is 25.8 Å². The van der Waals surface area contributed by atoms with E-state index < -0.39 is 0 Å². The van der Waals surface area contributed by atoms with Crippen LogP contribution in [0.1, 0.15) is 29.4 Å². The number of nitrogens with one attached hydrogen (secondary N) is 1. The molecule has 165 valence electrons. The zero-order valence-electron chi connectivity index (χ0n) is 18.7. The van der Waals surface area contributed by atoms with Gasteiger partial charge in [0.2, 0.25) is 0 Å². The first-order valence-electron chi connectivity index (χ1n) is 10.3. The molecule has 32 heavy (non-hydrogen) atoms. The molecule has 0 spiro atoms. The van der Waals surface area contributed by atoms with E-state index in [1.165, 1.54) is 0 Å². The summed E-state index contributed by atoms with van der Waals surface area (Å²) in [5.41, 5.74) is 4.34. The van der Waals surface area contributed by atoms with Gasteiger partial charge in [-0.2, -0.15) is 18.2 Å². The Bertz CT molecular complexity index is 1030. The van der Waals surface area contributed by atoms with Crippen molar-refractivity contribution in [3.8, 4) is 22.7 Å². The molecule has 7 heteroatoms. The molecule has 0 atom stereocenters. The van der Waals surface area contributed by atoms with E-state index in [2.05, 4.69) is 16.0 Å². The van der Waals surface area contributed by atoms with Gasteiger partial charge >= 0.3 is 5.97 Å². The second-order valence-electron chi connectivity index (χ2n) is 6.99. The topological polar surface area (TPSA) is 69.6 Å². The minimum atomic E-state index is -0.224. The minimum absolute atomic E-state index is 0. The molecular formula is C25H27N2O4Y-. The van der Waals surface area contributed by atoms with Crippen LogP contribution in [0.2, 0.25) is 0 Å². The van der Waals surface area contributed by atoms with Gasteiger partial charge in [0.15, 0.2) is 0 Å². The largest absolute Gasteiger partial charge is 0.497 e. The predicted octanol–water partition coefficient (Wildman–Crippen LogP) is 3.85. The molecule has 1 radical (unpaired) electrons. The maximum atomic E-state index is 12.1. The van der Waals surface area contributed by atoms with Crippen molar-refractivity contribution >= 4 is 11.8 Å². The van der Waals surface area contributed by atoms with Gasteiger partial charge in [-0.15, -0.1) is 6.07 Å². The SMILES string of the molecule is CCOC(=O)CCc1ccc(-c2ccc(OC)cc2)n1-c1[c-]cc(C(=O)CNC)cc1.[Y]. The zero-order valence-corrected chi connectivity index (χ0v) is 21.5. The number of nitrogens with zero attached hydrogens (tertiary/aromatic N) is 1. The Morgan fingerprint density at radius 3 is 2.41 bits per heavy atom. The van der Waals surface area contributed by atoms with Crippen LogP contribution in [-0.4, -0.2) is 43.6 Å². The van der Waals surface area contributed by atoms with Crippen molar-refractivity contribution in [1.29, 1.82) is 0 Å². The Labute approximate surface area is 214 Å². The number of aryl methyl sites for hydroxylation is 1. The molecule has 3 rings (SSSR count). The molecular weight excluding hydrogens is 481 g/mol. The van der Waals surface area contributed by atoms with Crippen molar-refractivity contribution in [3.05, 3.63) is 71.9 Å². The first kappa shape index (κ1) is 26.0. The van der Waals surface area contributed by atoms with Gasteiger partial charge in [-0.05, 0) is 62.4 Å². The Hall–Kier alpha value is -2.28. The second-order valence-corrected chi connectivity index (χ2v) is 6.99. The second kappa shape index (κ2) is 12.7. The fraction of sp³-hybridized carbons (Fsp3) is 0.280. The molecule has 0 saturated carbocycles. The number of methoxy groups -OCH3 is 1. The number of benzene rings is 2. The molecule has 0 aliphatic heterocycles. The van der Waals surface area contributed by atoms with Crippen molar-refractivity contribution < 1.29 is 51.8 Å². The summed E-state index contributed by atoms with van der Waals surface area (Å²) >= 11 is 0. The van der Waals surface area contributed by atoms with Gasteiger partial charge in [0.25, 0.3) is 0 Å². The van der Waals surface area contributed by atoms with Crippen molar-refractivity contribution in [2.75, 3.05) is 27.3 Å². The Balaban J connectivity index is 0.00000363. The summed E-state index contributed by atoms with van der Waals surface area (Å²) in [6, 6.07) is 20.5. The monoisotopic (exact) mass is 508 g/mol. The molecule has 0 aliphatic carbocycles. The number of carbonyl (C=O) groups is 2. The van der Waals surface area contributed by atoms with Gasteiger partial charge in [-0.1, -0.05) is 11.3 Å². The van der Waals surface area contributed by atoms with Crippen LogP contribution in [0.25, 0.3) is 16.9 Å². The fourth-order valence-electron chi connectivity index (χ4n) is 3.40. The van der Waals surface area contributed by atoms with E-state index in [9.17, 15) is 9.59 Å². The van der Waals surface area contributed by atoms with Crippen molar-refractivity contribution in [1.82, 2.24) is 9.88 Å². The number of carbonyl (C=O) groups excluding carboxylic acids is 2. The number of likely N-dealkylation sites (N-methyl/N-ethyl adjacent to an activating group) is 1. The Morgan fingerprint density at radius 1 is 1.06 bits per heavy atom. The molecule has 1 N–H and O–H groups in total. The number of rotatable bonds is 10. The summed E-state index contributed by atoms with van der Waals surface area (Å²) in [7, 11) is 3.38. The quantitative estimate of drug-likeness (QED) is 0.256. The molecule has 1 aromatic heterocycles. The Kier molecular flexibility index (Phi) is 10.3. The summed E-state index contributed by atoms with van der Waals surface area (Å²) in [5, 5.41) is 2.87.